The molecule has 1 aliphatic heterocycles. The minimum Gasteiger partial charge on any atom is -0.505 e. The number of aromatic nitrogens is 2. The van der Waals surface area contributed by atoms with Crippen LogP contribution in [-0.2, 0) is 25.5 Å². The number of rotatable bonds is 6. The van der Waals surface area contributed by atoms with Gasteiger partial charge in [-0.15, -0.1) is 0 Å². The van der Waals surface area contributed by atoms with E-state index >= 15 is 0 Å². The number of nitrogens with one attached hydrogen (secondary N) is 3. The third-order valence-corrected chi connectivity index (χ3v) is 6.95. The lowest BCUT2D eigenvalue weighted by atomic mass is 9.91. The molecule has 210 valence electrons. The zero-order chi connectivity index (χ0) is 28.7. The van der Waals surface area contributed by atoms with Gasteiger partial charge in [-0.1, -0.05) is 33.3 Å². The van der Waals surface area contributed by atoms with Gasteiger partial charge in [0.05, 0.1) is 18.1 Å². The maximum absolute atomic E-state index is 13.6. The lowest BCUT2D eigenvalue weighted by Crippen LogP contribution is -2.61. The topological polar surface area (TPSA) is 180 Å². The molecule has 3 rings (SSSR count). The first-order valence-corrected chi connectivity index (χ1v) is 12.9. The second-order valence-corrected chi connectivity index (χ2v) is 9.80. The van der Waals surface area contributed by atoms with Crippen molar-refractivity contribution in [3.63, 3.8) is 0 Å². The summed E-state index contributed by atoms with van der Waals surface area (Å²) >= 11 is 0. The maximum atomic E-state index is 13.6. The Hall–Kier alpha value is -4.06. The van der Waals surface area contributed by atoms with E-state index in [1.54, 1.807) is 31.5 Å². The summed E-state index contributed by atoms with van der Waals surface area (Å²) in [6.45, 7) is 6.54. The van der Waals surface area contributed by atoms with Gasteiger partial charge < -0.3 is 30.9 Å². The zero-order valence-electron chi connectivity index (χ0n) is 22.3. The smallest absolute Gasteiger partial charge is 0.329 e. The number of cyclic esters (lactones) is 1. The van der Waals surface area contributed by atoms with Crippen molar-refractivity contribution in [3.05, 3.63) is 54.1 Å². The molecule has 2 aromatic rings. The van der Waals surface area contributed by atoms with Crippen LogP contribution in [0.3, 0.4) is 0 Å². The van der Waals surface area contributed by atoms with Crippen LogP contribution in [0.15, 0.2) is 42.9 Å². The number of aliphatic hydroxyl groups is 1. The van der Waals surface area contributed by atoms with Gasteiger partial charge in [0.25, 0.3) is 5.91 Å². The number of carbonyl (C=O) groups is 4. The van der Waals surface area contributed by atoms with E-state index in [0.717, 1.165) is 0 Å². The number of pyridine rings is 2. The molecule has 1 saturated heterocycles. The van der Waals surface area contributed by atoms with Crippen molar-refractivity contribution in [3.8, 4) is 5.75 Å². The number of amides is 3. The molecule has 0 aromatic carbocycles. The highest BCUT2D eigenvalue weighted by Crippen LogP contribution is 2.19. The summed E-state index contributed by atoms with van der Waals surface area (Å²) in [4.78, 5) is 60.7. The van der Waals surface area contributed by atoms with E-state index < -0.39 is 65.7 Å². The van der Waals surface area contributed by atoms with Gasteiger partial charge in [-0.05, 0) is 43.0 Å². The van der Waals surface area contributed by atoms with Crippen molar-refractivity contribution in [1.29, 1.82) is 0 Å². The predicted molar refractivity (Wildman–Crippen MR) is 139 cm³/mol. The normalized spacial score (nSPS) is 27.2. The summed E-state index contributed by atoms with van der Waals surface area (Å²) in [5.74, 6) is -4.72. The molecule has 0 spiro atoms. The van der Waals surface area contributed by atoms with Gasteiger partial charge in [0.2, 0.25) is 11.8 Å². The van der Waals surface area contributed by atoms with E-state index in [1.807, 2.05) is 6.92 Å². The third-order valence-electron chi connectivity index (χ3n) is 6.95. The summed E-state index contributed by atoms with van der Waals surface area (Å²) < 4.78 is 5.59. The number of aliphatic hydroxyl groups excluding tert-OH is 1. The highest BCUT2D eigenvalue weighted by atomic mass is 16.5. The Morgan fingerprint density at radius 1 is 1.13 bits per heavy atom. The average Bonchev–Trinajstić information content (AvgIpc) is 2.92. The molecule has 1 fully saturated rings. The molecule has 0 aliphatic carbocycles. The highest BCUT2D eigenvalue weighted by molar-refractivity contribution is 5.98. The average molecular weight is 542 g/mol. The van der Waals surface area contributed by atoms with Gasteiger partial charge in [0.15, 0.2) is 5.69 Å². The standard InChI is InChI=1S/C27H35N5O7/c1-5-14(2)20-27(38)39-16(4)21(32-26(37)22-19(33)9-7-11-29-22)25(36)30-18(12-17-8-6-10-28-13-17)23(34)15(3)24(35)31-20/h6-11,13-16,18,20-21,23,33-34H,5,12H2,1-4H3,(H,30,36)(H,31,35)(H,32,37). The van der Waals surface area contributed by atoms with Crippen molar-refractivity contribution in [2.24, 2.45) is 11.8 Å². The third kappa shape index (κ3) is 7.29. The van der Waals surface area contributed by atoms with Gasteiger partial charge >= 0.3 is 5.97 Å². The van der Waals surface area contributed by atoms with Crippen molar-refractivity contribution in [2.45, 2.75) is 70.9 Å². The van der Waals surface area contributed by atoms with E-state index in [9.17, 15) is 29.4 Å². The fourth-order valence-corrected chi connectivity index (χ4v) is 4.26. The predicted octanol–water partition coefficient (Wildman–Crippen LogP) is 0.481. The molecule has 5 N–H and O–H groups in total. The van der Waals surface area contributed by atoms with Crippen molar-refractivity contribution in [1.82, 2.24) is 25.9 Å². The number of hydrogen-bond acceptors (Lipinski definition) is 9. The van der Waals surface area contributed by atoms with E-state index in [2.05, 4.69) is 25.9 Å². The molecular formula is C27H35N5O7. The number of aromatic hydroxyl groups is 1. The fourth-order valence-electron chi connectivity index (χ4n) is 4.26. The molecule has 7 atom stereocenters. The van der Waals surface area contributed by atoms with Gasteiger partial charge in [-0.3, -0.25) is 19.4 Å². The fraction of sp³-hybridized carbons (Fsp3) is 0.481. The van der Waals surface area contributed by atoms with E-state index in [1.165, 1.54) is 32.2 Å². The molecule has 12 heteroatoms. The molecule has 12 nitrogen and oxygen atoms in total. The van der Waals surface area contributed by atoms with Crippen LogP contribution in [0.5, 0.6) is 5.75 Å². The lowest BCUT2D eigenvalue weighted by molar-refractivity contribution is -0.157. The molecule has 0 bridgehead atoms. The van der Waals surface area contributed by atoms with Crippen LogP contribution in [0.4, 0.5) is 0 Å². The SMILES string of the molecule is CCC(C)C1NC(=O)C(C)C(O)C(Cc2cccnc2)NC(=O)C(NC(=O)c2ncccc2O)C(C)OC1=O. The van der Waals surface area contributed by atoms with Crippen LogP contribution in [0, 0.1) is 11.8 Å². The zero-order valence-corrected chi connectivity index (χ0v) is 22.3. The summed E-state index contributed by atoms with van der Waals surface area (Å²) in [6, 6.07) is 2.75. The van der Waals surface area contributed by atoms with Gasteiger partial charge in [-0.2, -0.15) is 0 Å². The first kappa shape index (κ1) is 29.5. The lowest BCUT2D eigenvalue weighted by Gasteiger charge is -2.34. The number of esters is 1. The van der Waals surface area contributed by atoms with Crippen LogP contribution >= 0.6 is 0 Å². The Balaban J connectivity index is 2.00. The molecule has 2 aromatic heterocycles. The quantitative estimate of drug-likeness (QED) is 0.325. The monoisotopic (exact) mass is 541 g/mol. The molecule has 39 heavy (non-hydrogen) atoms. The Morgan fingerprint density at radius 2 is 1.85 bits per heavy atom. The summed E-state index contributed by atoms with van der Waals surface area (Å²) in [5, 5.41) is 29.2. The second-order valence-electron chi connectivity index (χ2n) is 9.80. The first-order valence-electron chi connectivity index (χ1n) is 12.9. The van der Waals surface area contributed by atoms with Crippen LogP contribution in [-0.4, -0.2) is 74.2 Å². The first-order chi connectivity index (χ1) is 18.5. The minimum absolute atomic E-state index is 0.128. The molecule has 3 heterocycles. The van der Waals surface area contributed by atoms with E-state index in [4.69, 9.17) is 4.74 Å². The van der Waals surface area contributed by atoms with Crippen LogP contribution in [0.1, 0.15) is 50.2 Å². The van der Waals surface area contributed by atoms with Crippen molar-refractivity contribution >= 4 is 23.7 Å². The maximum Gasteiger partial charge on any atom is 0.329 e. The van der Waals surface area contributed by atoms with Gasteiger partial charge in [0.1, 0.15) is 23.9 Å². The highest BCUT2D eigenvalue weighted by Gasteiger charge is 2.40. The molecule has 7 unspecified atom stereocenters. The Kier molecular flexibility index (Phi) is 9.94. The summed E-state index contributed by atoms with van der Waals surface area (Å²) in [7, 11) is 0. The van der Waals surface area contributed by atoms with Gasteiger partial charge in [-0.25, -0.2) is 9.78 Å². The number of hydrogen-bond donors (Lipinski definition) is 5. The number of carbonyl (C=O) groups excluding carboxylic acids is 4. The number of ether oxygens (including phenoxy) is 1. The van der Waals surface area contributed by atoms with Crippen LogP contribution in [0.25, 0.3) is 0 Å². The molecule has 0 radical (unpaired) electrons. The van der Waals surface area contributed by atoms with Crippen molar-refractivity contribution < 1.29 is 34.1 Å². The molecular weight excluding hydrogens is 506 g/mol. The summed E-state index contributed by atoms with van der Waals surface area (Å²) in [5.41, 5.74) is 0.373. The second kappa shape index (κ2) is 13.1. The Bertz CT molecular complexity index is 1180. The van der Waals surface area contributed by atoms with E-state index in [0.29, 0.717) is 12.0 Å². The Labute approximate surface area is 226 Å². The minimum atomic E-state index is -1.42. The van der Waals surface area contributed by atoms with Crippen molar-refractivity contribution in [2.75, 3.05) is 0 Å². The molecule has 1 aliphatic rings. The Morgan fingerprint density at radius 3 is 2.49 bits per heavy atom. The summed E-state index contributed by atoms with van der Waals surface area (Å²) in [6.07, 6.45) is 2.58. The molecule has 0 saturated carbocycles. The van der Waals surface area contributed by atoms with Crippen LogP contribution < -0.4 is 16.0 Å². The largest absolute Gasteiger partial charge is 0.505 e. The number of nitrogens with zero attached hydrogens (tertiary/aromatic N) is 2. The molecule has 3 amide bonds. The van der Waals surface area contributed by atoms with Gasteiger partial charge in [0, 0.05) is 18.6 Å². The van der Waals surface area contributed by atoms with Crippen LogP contribution in [0.2, 0.25) is 0 Å². The van der Waals surface area contributed by atoms with E-state index in [-0.39, 0.29) is 18.0 Å².